The molecule has 9 heteroatoms. The van der Waals surface area contributed by atoms with E-state index in [9.17, 15) is 9.90 Å². The number of fused-ring (bicyclic) bond motifs is 1. The number of nitrogens with two attached hydrogens (primary N) is 1. The Kier molecular flexibility index (Phi) is 2.73. The predicted molar refractivity (Wildman–Crippen MR) is 64.2 cm³/mol. The van der Waals surface area contributed by atoms with E-state index in [1.54, 1.807) is 0 Å². The monoisotopic (exact) mass is 267 g/mol. The number of ether oxygens (including phenoxy) is 1. The Morgan fingerprint density at radius 3 is 3.11 bits per heavy atom. The van der Waals surface area contributed by atoms with Gasteiger partial charge in [-0.1, -0.05) is 0 Å². The minimum atomic E-state index is -0.808. The van der Waals surface area contributed by atoms with Crippen LogP contribution in [-0.2, 0) is 4.74 Å². The third-order valence-electron chi connectivity index (χ3n) is 3.09. The second-order valence-electron chi connectivity index (χ2n) is 4.41. The highest BCUT2D eigenvalue weighted by molar-refractivity contribution is 5.70. The lowest BCUT2D eigenvalue weighted by atomic mass is 10.2. The molecule has 3 rings (SSSR count). The van der Waals surface area contributed by atoms with Crippen molar-refractivity contribution in [3.05, 3.63) is 16.7 Å². The Morgan fingerprint density at radius 1 is 1.63 bits per heavy atom. The number of hydrogen-bond donors (Lipinski definition) is 4. The molecule has 1 saturated heterocycles. The molecule has 0 bridgehead atoms. The number of imidazole rings is 1. The zero-order valence-electron chi connectivity index (χ0n) is 9.85. The highest BCUT2D eigenvalue weighted by Crippen LogP contribution is 2.30. The summed E-state index contributed by atoms with van der Waals surface area (Å²) in [6.45, 7) is -0.184. The first-order valence-corrected chi connectivity index (χ1v) is 5.77. The van der Waals surface area contributed by atoms with Crippen molar-refractivity contribution < 1.29 is 14.9 Å². The summed E-state index contributed by atoms with van der Waals surface area (Å²) in [5, 5.41) is 19.0. The average Bonchev–Trinajstić information content (AvgIpc) is 2.92. The molecule has 1 aliphatic rings. The van der Waals surface area contributed by atoms with Crippen LogP contribution in [0.2, 0.25) is 0 Å². The molecular formula is C10H13N5O4. The lowest BCUT2D eigenvalue weighted by molar-refractivity contribution is -0.0486. The molecule has 102 valence electrons. The van der Waals surface area contributed by atoms with E-state index in [2.05, 4.69) is 15.0 Å². The predicted octanol–water partition coefficient (Wildman–Crippen LogP) is -1.66. The van der Waals surface area contributed by atoms with Crippen molar-refractivity contribution in [1.82, 2.24) is 19.5 Å². The van der Waals surface area contributed by atoms with E-state index < -0.39 is 24.0 Å². The first-order valence-electron chi connectivity index (χ1n) is 5.77. The molecule has 0 amide bonds. The van der Waals surface area contributed by atoms with Crippen molar-refractivity contribution >= 4 is 17.1 Å². The maximum Gasteiger partial charge on any atom is 0.280 e. The summed E-state index contributed by atoms with van der Waals surface area (Å²) >= 11 is 0. The van der Waals surface area contributed by atoms with E-state index in [0.29, 0.717) is 6.42 Å². The smallest absolute Gasteiger partial charge is 0.280 e. The fourth-order valence-corrected chi connectivity index (χ4v) is 2.23. The average molecular weight is 267 g/mol. The van der Waals surface area contributed by atoms with Gasteiger partial charge in [0, 0.05) is 6.42 Å². The Hall–Kier alpha value is -1.97. The van der Waals surface area contributed by atoms with E-state index in [1.165, 1.54) is 10.9 Å². The van der Waals surface area contributed by atoms with Gasteiger partial charge in [-0.2, -0.15) is 4.98 Å². The molecule has 0 spiro atoms. The maximum atomic E-state index is 11.6. The number of rotatable bonds is 2. The number of nitrogen functional groups attached to an aromatic ring is 1. The lowest BCUT2D eigenvalue weighted by Crippen LogP contribution is -2.20. The van der Waals surface area contributed by atoms with Crippen LogP contribution in [-0.4, -0.2) is 48.5 Å². The van der Waals surface area contributed by atoms with Gasteiger partial charge in [-0.3, -0.25) is 14.3 Å². The molecule has 1 aliphatic heterocycles. The van der Waals surface area contributed by atoms with Gasteiger partial charge in [-0.05, 0) is 0 Å². The molecule has 0 saturated carbocycles. The molecule has 0 aliphatic carbocycles. The van der Waals surface area contributed by atoms with Crippen molar-refractivity contribution in [2.45, 2.75) is 24.9 Å². The minimum Gasteiger partial charge on any atom is -0.394 e. The van der Waals surface area contributed by atoms with Gasteiger partial charge < -0.3 is 20.7 Å². The number of hydrogen-bond acceptors (Lipinski definition) is 7. The van der Waals surface area contributed by atoms with Crippen LogP contribution in [0.4, 0.5) is 5.95 Å². The first kappa shape index (κ1) is 12.1. The van der Waals surface area contributed by atoms with Crippen LogP contribution in [0.5, 0.6) is 0 Å². The third kappa shape index (κ3) is 1.87. The zero-order valence-corrected chi connectivity index (χ0v) is 9.85. The molecule has 2 aromatic heterocycles. The van der Waals surface area contributed by atoms with Crippen LogP contribution in [0, 0.1) is 0 Å². The van der Waals surface area contributed by atoms with E-state index in [-0.39, 0.29) is 23.7 Å². The lowest BCUT2D eigenvalue weighted by Gasteiger charge is -2.16. The number of aliphatic hydroxyl groups excluding tert-OH is 2. The van der Waals surface area contributed by atoms with Crippen LogP contribution in [0.15, 0.2) is 11.1 Å². The number of anilines is 1. The zero-order chi connectivity index (χ0) is 13.6. The fraction of sp³-hybridized carbons (Fsp3) is 0.500. The molecule has 19 heavy (non-hydrogen) atoms. The van der Waals surface area contributed by atoms with Gasteiger partial charge in [-0.25, -0.2) is 4.98 Å². The van der Waals surface area contributed by atoms with Gasteiger partial charge in [0.2, 0.25) is 5.95 Å². The highest BCUT2D eigenvalue weighted by atomic mass is 16.5. The summed E-state index contributed by atoms with van der Waals surface area (Å²) in [6, 6.07) is 0. The number of nitrogens with zero attached hydrogens (tertiary/aromatic N) is 3. The Labute approximate surface area is 106 Å². The Bertz CT molecular complexity index is 665. The SMILES string of the molecule is Nc1nc2c(ncn2[C@H]2O[C@@H](CO)C[C@H]2O)c(=O)[nH]1. The molecule has 1 fully saturated rings. The molecule has 0 radical (unpaired) electrons. The van der Waals surface area contributed by atoms with Crippen molar-refractivity contribution in [2.24, 2.45) is 0 Å². The molecule has 3 atom stereocenters. The number of aliphatic hydroxyl groups is 2. The van der Waals surface area contributed by atoms with Crippen molar-refractivity contribution in [2.75, 3.05) is 12.3 Å². The quantitative estimate of drug-likeness (QED) is 0.510. The van der Waals surface area contributed by atoms with Crippen molar-refractivity contribution in [3.8, 4) is 0 Å². The summed E-state index contributed by atoms with van der Waals surface area (Å²) in [5.41, 5.74) is 5.40. The van der Waals surface area contributed by atoms with Crippen molar-refractivity contribution in [1.29, 1.82) is 0 Å². The van der Waals surface area contributed by atoms with Gasteiger partial charge in [0.1, 0.15) is 6.10 Å². The van der Waals surface area contributed by atoms with E-state index in [1.807, 2.05) is 0 Å². The van der Waals surface area contributed by atoms with Gasteiger partial charge >= 0.3 is 0 Å². The molecule has 2 aromatic rings. The molecule has 0 aromatic carbocycles. The van der Waals surface area contributed by atoms with Gasteiger partial charge in [0.05, 0.1) is 19.0 Å². The topological polar surface area (TPSA) is 139 Å². The molecule has 9 nitrogen and oxygen atoms in total. The maximum absolute atomic E-state index is 11.6. The summed E-state index contributed by atoms with van der Waals surface area (Å²) in [7, 11) is 0. The van der Waals surface area contributed by atoms with Gasteiger partial charge in [0.15, 0.2) is 17.4 Å². The van der Waals surface area contributed by atoms with Crippen LogP contribution in [0.3, 0.4) is 0 Å². The number of H-pyrrole nitrogens is 1. The normalized spacial score (nSPS) is 27.2. The summed E-state index contributed by atoms with van der Waals surface area (Å²) in [4.78, 5) is 21.9. The molecule has 0 unspecified atom stereocenters. The standard InChI is InChI=1S/C10H13N5O4/c11-10-13-7-6(8(18)14-10)12-3-15(7)9-5(17)1-4(2-16)19-9/h3-5,9,16-17H,1-2H2,(H3,11,13,14,18)/t4-,5-,9+/m1/s1. The third-order valence-corrected chi connectivity index (χ3v) is 3.09. The van der Waals surface area contributed by atoms with Gasteiger partial charge in [0.25, 0.3) is 5.56 Å². The van der Waals surface area contributed by atoms with Crippen LogP contribution >= 0.6 is 0 Å². The number of aromatic nitrogens is 4. The first-order chi connectivity index (χ1) is 9.10. The van der Waals surface area contributed by atoms with Crippen LogP contribution in [0.1, 0.15) is 12.6 Å². The van der Waals surface area contributed by atoms with Crippen molar-refractivity contribution in [3.63, 3.8) is 0 Å². The summed E-state index contributed by atoms with van der Waals surface area (Å²) in [6.07, 6.45) is -0.330. The second kappa shape index (κ2) is 4.30. The van der Waals surface area contributed by atoms with Crippen LogP contribution in [0.25, 0.3) is 11.2 Å². The molecule has 5 N–H and O–H groups in total. The summed E-state index contributed by atoms with van der Waals surface area (Å²) in [5.74, 6) is -0.0366. The fourth-order valence-electron chi connectivity index (χ4n) is 2.23. The molecular weight excluding hydrogens is 254 g/mol. The Morgan fingerprint density at radius 2 is 2.42 bits per heavy atom. The number of nitrogens with one attached hydrogen (secondary N) is 1. The van der Waals surface area contributed by atoms with E-state index >= 15 is 0 Å². The molecule has 3 heterocycles. The van der Waals surface area contributed by atoms with Gasteiger partial charge in [-0.15, -0.1) is 0 Å². The minimum absolute atomic E-state index is 0.0366. The largest absolute Gasteiger partial charge is 0.394 e. The highest BCUT2D eigenvalue weighted by Gasteiger charge is 2.35. The van der Waals surface area contributed by atoms with E-state index in [0.717, 1.165) is 0 Å². The summed E-state index contributed by atoms with van der Waals surface area (Å²) < 4.78 is 6.93. The second-order valence-corrected chi connectivity index (χ2v) is 4.41. The van der Waals surface area contributed by atoms with Crippen LogP contribution < -0.4 is 11.3 Å². The number of aromatic amines is 1. The van der Waals surface area contributed by atoms with E-state index in [4.69, 9.17) is 15.6 Å². The Balaban J connectivity index is 2.09.